The van der Waals surface area contributed by atoms with Gasteiger partial charge in [0.1, 0.15) is 6.20 Å². The largest absolute Gasteiger partial charge is 0.476 e. The second-order valence-corrected chi connectivity index (χ2v) is 3.58. The lowest BCUT2D eigenvalue weighted by atomic mass is 10.4. The maximum absolute atomic E-state index is 10.9. The van der Waals surface area contributed by atoms with E-state index < -0.39 is 22.3 Å². The fourth-order valence-corrected chi connectivity index (χ4v) is 1.59. The van der Waals surface area contributed by atoms with Crippen LogP contribution in [-0.2, 0) is 0 Å². The van der Waals surface area contributed by atoms with E-state index in [2.05, 4.69) is 25.6 Å². The number of fused-ring (bicyclic) bond motifs is 1. The van der Waals surface area contributed by atoms with Gasteiger partial charge in [0.25, 0.3) is 0 Å². The van der Waals surface area contributed by atoms with Gasteiger partial charge in [-0.1, -0.05) is 0 Å². The first kappa shape index (κ1) is 11.6. The Hall–Kier alpha value is -3.44. The molecule has 3 heterocycles. The molecule has 0 radical (unpaired) electrons. The van der Waals surface area contributed by atoms with Crippen molar-refractivity contribution in [1.29, 1.82) is 0 Å². The number of carboxylic acids is 1. The van der Waals surface area contributed by atoms with E-state index in [0.717, 1.165) is 10.9 Å². The van der Waals surface area contributed by atoms with Crippen molar-refractivity contribution in [3.05, 3.63) is 34.4 Å². The lowest BCUT2D eigenvalue weighted by Gasteiger charge is -2.00. The summed E-state index contributed by atoms with van der Waals surface area (Å²) in [5.41, 5.74) is -1.03. The second-order valence-electron chi connectivity index (χ2n) is 3.58. The first-order valence-corrected chi connectivity index (χ1v) is 5.08. The van der Waals surface area contributed by atoms with Crippen LogP contribution < -0.4 is 0 Å². The summed E-state index contributed by atoms with van der Waals surface area (Å²) in [5.74, 6) is -1.34. The number of carbonyl (C=O) groups is 1. The minimum Gasteiger partial charge on any atom is -0.476 e. The molecule has 0 saturated heterocycles. The fourth-order valence-electron chi connectivity index (χ4n) is 1.59. The molecule has 3 aromatic heterocycles. The summed E-state index contributed by atoms with van der Waals surface area (Å²) < 4.78 is 2.20. The molecule has 0 bridgehead atoms. The van der Waals surface area contributed by atoms with Gasteiger partial charge >= 0.3 is 11.7 Å². The Bertz CT molecular complexity index is 804. The Kier molecular flexibility index (Phi) is 2.35. The van der Waals surface area contributed by atoms with E-state index >= 15 is 0 Å². The molecular formula is C8H4N8O4. The minimum atomic E-state index is -1.51. The van der Waals surface area contributed by atoms with E-state index in [1.165, 1.54) is 16.9 Å². The van der Waals surface area contributed by atoms with Gasteiger partial charge in [-0.25, -0.2) is 9.48 Å². The zero-order valence-corrected chi connectivity index (χ0v) is 9.48. The molecule has 3 rings (SSSR count). The summed E-state index contributed by atoms with van der Waals surface area (Å²) in [5, 5.41) is 34.1. The van der Waals surface area contributed by atoms with Crippen LogP contribution in [0.5, 0.6) is 0 Å². The van der Waals surface area contributed by atoms with Crippen molar-refractivity contribution in [2.75, 3.05) is 0 Å². The van der Waals surface area contributed by atoms with Gasteiger partial charge in [0, 0.05) is 0 Å². The maximum atomic E-state index is 10.9. The van der Waals surface area contributed by atoms with E-state index in [9.17, 15) is 14.9 Å². The Balaban J connectivity index is 2.25. The number of aromatic nitrogens is 7. The number of nitro groups is 1. The number of hydrogen-bond acceptors (Lipinski definition) is 8. The third-order valence-electron chi connectivity index (χ3n) is 2.42. The third kappa shape index (κ3) is 1.63. The SMILES string of the molecule is O=C(O)c1nn(-c2cncc3nnnn23)cc1[N+](=O)[O-]. The topological polar surface area (TPSA) is 154 Å². The van der Waals surface area contributed by atoms with Crippen LogP contribution in [-0.4, -0.2) is 50.8 Å². The molecule has 100 valence electrons. The van der Waals surface area contributed by atoms with Crippen LogP contribution in [0.2, 0.25) is 0 Å². The molecule has 0 aliphatic heterocycles. The highest BCUT2D eigenvalue weighted by Gasteiger charge is 2.26. The molecule has 0 amide bonds. The summed E-state index contributed by atoms with van der Waals surface area (Å²) in [4.78, 5) is 24.8. The predicted octanol–water partition coefficient (Wildman–Crippen LogP) is -0.689. The Morgan fingerprint density at radius 3 is 2.85 bits per heavy atom. The minimum absolute atomic E-state index is 0.170. The molecule has 0 spiro atoms. The van der Waals surface area contributed by atoms with Gasteiger partial charge in [-0.3, -0.25) is 15.1 Å². The maximum Gasteiger partial charge on any atom is 0.363 e. The zero-order valence-electron chi connectivity index (χ0n) is 9.48. The van der Waals surface area contributed by atoms with Gasteiger partial charge in [-0.15, -0.1) is 5.10 Å². The average molecular weight is 276 g/mol. The lowest BCUT2D eigenvalue weighted by Crippen LogP contribution is -2.07. The number of hydrogen-bond donors (Lipinski definition) is 1. The molecule has 12 nitrogen and oxygen atoms in total. The molecule has 0 aliphatic carbocycles. The number of tetrazole rings is 1. The van der Waals surface area contributed by atoms with Gasteiger partial charge in [-0.05, 0) is 10.4 Å². The molecule has 0 saturated carbocycles. The summed E-state index contributed by atoms with van der Waals surface area (Å²) in [6, 6.07) is 0. The van der Waals surface area contributed by atoms with Crippen LogP contribution in [0.3, 0.4) is 0 Å². The monoisotopic (exact) mass is 276 g/mol. The molecule has 12 heteroatoms. The standard InChI is InChI=1S/C8H4N8O4/c17-8(18)7-4(16(19)20)3-14(11-7)6-2-9-1-5-10-12-13-15(5)6/h1-3H,(H,17,18). The lowest BCUT2D eigenvalue weighted by molar-refractivity contribution is -0.385. The van der Waals surface area contributed by atoms with Crippen LogP contribution in [0.4, 0.5) is 5.69 Å². The van der Waals surface area contributed by atoms with Crippen molar-refractivity contribution < 1.29 is 14.8 Å². The predicted molar refractivity (Wildman–Crippen MR) is 59.3 cm³/mol. The molecule has 1 N–H and O–H groups in total. The Morgan fingerprint density at radius 1 is 1.40 bits per heavy atom. The number of aromatic carboxylic acids is 1. The summed E-state index contributed by atoms with van der Waals surface area (Å²) in [7, 11) is 0. The van der Waals surface area contributed by atoms with E-state index in [-0.39, 0.29) is 11.5 Å². The molecule has 0 aromatic carbocycles. The van der Waals surface area contributed by atoms with Gasteiger partial charge in [0.15, 0.2) is 11.5 Å². The zero-order chi connectivity index (χ0) is 14.3. The molecule has 0 atom stereocenters. The van der Waals surface area contributed by atoms with Gasteiger partial charge < -0.3 is 5.11 Å². The number of carboxylic acid groups (broad SMARTS) is 1. The van der Waals surface area contributed by atoms with Crippen LogP contribution in [0, 0.1) is 10.1 Å². The first-order valence-electron chi connectivity index (χ1n) is 5.08. The van der Waals surface area contributed by atoms with Crippen LogP contribution in [0.25, 0.3) is 11.5 Å². The van der Waals surface area contributed by atoms with Crippen molar-refractivity contribution in [2.45, 2.75) is 0 Å². The molecule has 3 aromatic rings. The molecule has 0 fully saturated rings. The van der Waals surface area contributed by atoms with Crippen molar-refractivity contribution in [3.63, 3.8) is 0 Å². The van der Waals surface area contributed by atoms with E-state index in [0.29, 0.717) is 0 Å². The second kappa shape index (κ2) is 4.04. The van der Waals surface area contributed by atoms with Crippen molar-refractivity contribution in [1.82, 2.24) is 34.8 Å². The highest BCUT2D eigenvalue weighted by Crippen LogP contribution is 2.19. The van der Waals surface area contributed by atoms with Crippen molar-refractivity contribution in [3.8, 4) is 5.82 Å². The van der Waals surface area contributed by atoms with Crippen LogP contribution in [0.1, 0.15) is 10.5 Å². The summed E-state index contributed by atoms with van der Waals surface area (Å²) in [6.07, 6.45) is 3.63. The molecule has 20 heavy (non-hydrogen) atoms. The van der Waals surface area contributed by atoms with Gasteiger partial charge in [-0.2, -0.15) is 9.61 Å². The Labute approximate surface area is 108 Å². The van der Waals surface area contributed by atoms with Crippen molar-refractivity contribution >= 4 is 17.3 Å². The summed E-state index contributed by atoms with van der Waals surface area (Å²) >= 11 is 0. The number of rotatable bonds is 3. The normalized spacial score (nSPS) is 10.8. The smallest absolute Gasteiger partial charge is 0.363 e. The van der Waals surface area contributed by atoms with E-state index in [1.807, 2.05) is 0 Å². The van der Waals surface area contributed by atoms with Crippen LogP contribution >= 0.6 is 0 Å². The van der Waals surface area contributed by atoms with E-state index in [4.69, 9.17) is 5.11 Å². The molecule has 0 unspecified atom stereocenters. The fraction of sp³-hybridized carbons (Fsp3) is 0. The van der Waals surface area contributed by atoms with E-state index in [1.54, 1.807) is 0 Å². The van der Waals surface area contributed by atoms with Gasteiger partial charge in [0.05, 0.1) is 17.3 Å². The third-order valence-corrected chi connectivity index (χ3v) is 2.42. The van der Waals surface area contributed by atoms with Crippen molar-refractivity contribution in [2.24, 2.45) is 0 Å². The average Bonchev–Trinajstić information content (AvgIpc) is 3.04. The van der Waals surface area contributed by atoms with Crippen LogP contribution in [0.15, 0.2) is 18.6 Å². The molecule has 0 aliphatic rings. The first-order chi connectivity index (χ1) is 9.58. The number of nitrogens with zero attached hydrogens (tertiary/aromatic N) is 8. The highest BCUT2D eigenvalue weighted by atomic mass is 16.6. The summed E-state index contributed by atoms with van der Waals surface area (Å²) in [6.45, 7) is 0. The quantitative estimate of drug-likeness (QED) is 0.483. The molecular weight excluding hydrogens is 272 g/mol. The Morgan fingerprint density at radius 2 is 2.20 bits per heavy atom. The highest BCUT2D eigenvalue weighted by molar-refractivity contribution is 5.89. The van der Waals surface area contributed by atoms with Gasteiger partial charge in [0.2, 0.25) is 5.69 Å².